The van der Waals surface area contributed by atoms with Crippen LogP contribution < -0.4 is 10.5 Å². The molecule has 126 valence electrons. The normalized spacial score (nSPS) is 12.6. The van der Waals surface area contributed by atoms with Crippen LogP contribution in [0.25, 0.3) is 0 Å². The number of nitrogens with two attached hydrogens (primary N) is 1. The third kappa shape index (κ3) is 6.32. The van der Waals surface area contributed by atoms with Gasteiger partial charge < -0.3 is 19.9 Å². The standard InChI is InChI=1S/C17H30N2O3/c1-4-11-22-16-7-5-15(6-8-16)17(14-18)19(9-12-20-2)10-13-21-3/h5-8,17H,4,9-14,18H2,1-3H3. The lowest BCUT2D eigenvalue weighted by Crippen LogP contribution is -2.38. The third-order valence-electron chi connectivity index (χ3n) is 3.57. The molecule has 0 radical (unpaired) electrons. The number of hydrogen-bond donors (Lipinski definition) is 1. The monoisotopic (exact) mass is 310 g/mol. The van der Waals surface area contributed by atoms with Crippen LogP contribution in [0.1, 0.15) is 24.9 Å². The van der Waals surface area contributed by atoms with Crippen molar-refractivity contribution >= 4 is 0 Å². The second kappa shape index (κ2) is 11.4. The Kier molecular flexibility index (Phi) is 9.82. The first-order valence-corrected chi connectivity index (χ1v) is 7.91. The summed E-state index contributed by atoms with van der Waals surface area (Å²) in [5.41, 5.74) is 7.21. The molecule has 1 unspecified atom stereocenters. The molecule has 0 aromatic heterocycles. The SMILES string of the molecule is CCCOc1ccc(C(CN)N(CCOC)CCOC)cc1. The van der Waals surface area contributed by atoms with Crippen LogP contribution in [0.3, 0.4) is 0 Å². The quantitative estimate of drug-likeness (QED) is 0.640. The average Bonchev–Trinajstić information content (AvgIpc) is 2.56. The van der Waals surface area contributed by atoms with Crippen LogP contribution >= 0.6 is 0 Å². The van der Waals surface area contributed by atoms with Gasteiger partial charge in [0.15, 0.2) is 0 Å². The summed E-state index contributed by atoms with van der Waals surface area (Å²) in [5, 5.41) is 0. The van der Waals surface area contributed by atoms with E-state index < -0.39 is 0 Å². The first-order chi connectivity index (χ1) is 10.8. The van der Waals surface area contributed by atoms with Gasteiger partial charge in [0.1, 0.15) is 5.75 Å². The molecule has 0 amide bonds. The summed E-state index contributed by atoms with van der Waals surface area (Å²) in [6, 6.07) is 8.37. The zero-order valence-corrected chi connectivity index (χ0v) is 14.1. The molecule has 5 heteroatoms. The van der Waals surface area contributed by atoms with Gasteiger partial charge in [-0.3, -0.25) is 4.90 Å². The van der Waals surface area contributed by atoms with Gasteiger partial charge in [-0.25, -0.2) is 0 Å². The van der Waals surface area contributed by atoms with Crippen LogP contribution in [-0.2, 0) is 9.47 Å². The van der Waals surface area contributed by atoms with Gasteiger partial charge in [-0.2, -0.15) is 0 Å². The number of hydrogen-bond acceptors (Lipinski definition) is 5. The van der Waals surface area contributed by atoms with E-state index in [0.717, 1.165) is 31.9 Å². The van der Waals surface area contributed by atoms with Gasteiger partial charge in [0.25, 0.3) is 0 Å². The number of benzene rings is 1. The maximum atomic E-state index is 6.01. The summed E-state index contributed by atoms with van der Waals surface area (Å²) in [6.07, 6.45) is 1.01. The maximum absolute atomic E-state index is 6.01. The molecule has 22 heavy (non-hydrogen) atoms. The lowest BCUT2D eigenvalue weighted by atomic mass is 10.0. The summed E-state index contributed by atoms with van der Waals surface area (Å²) in [5.74, 6) is 0.904. The first kappa shape index (κ1) is 18.9. The van der Waals surface area contributed by atoms with Crippen molar-refractivity contribution in [3.05, 3.63) is 29.8 Å². The summed E-state index contributed by atoms with van der Waals surface area (Å²) in [4.78, 5) is 2.30. The molecule has 1 aromatic rings. The molecule has 0 spiro atoms. The Labute approximate surface area is 134 Å². The van der Waals surface area contributed by atoms with Crippen molar-refractivity contribution in [1.29, 1.82) is 0 Å². The van der Waals surface area contributed by atoms with E-state index >= 15 is 0 Å². The molecule has 0 bridgehead atoms. The van der Waals surface area contributed by atoms with Gasteiger partial charge in [-0.05, 0) is 24.1 Å². The predicted molar refractivity (Wildman–Crippen MR) is 89.3 cm³/mol. The second-order valence-electron chi connectivity index (χ2n) is 5.19. The van der Waals surface area contributed by atoms with Crippen molar-refractivity contribution in [1.82, 2.24) is 4.90 Å². The summed E-state index contributed by atoms with van der Waals surface area (Å²) in [7, 11) is 3.43. The van der Waals surface area contributed by atoms with Crippen LogP contribution in [-0.4, -0.2) is 58.6 Å². The van der Waals surface area contributed by atoms with E-state index in [-0.39, 0.29) is 6.04 Å². The van der Waals surface area contributed by atoms with E-state index in [2.05, 4.69) is 24.0 Å². The second-order valence-corrected chi connectivity index (χ2v) is 5.19. The van der Waals surface area contributed by atoms with Gasteiger partial charge in [-0.15, -0.1) is 0 Å². The minimum atomic E-state index is 0.158. The highest BCUT2D eigenvalue weighted by molar-refractivity contribution is 5.29. The Morgan fingerprint density at radius 3 is 2.05 bits per heavy atom. The highest BCUT2D eigenvalue weighted by atomic mass is 16.5. The molecule has 0 aliphatic heterocycles. The molecule has 1 atom stereocenters. The first-order valence-electron chi connectivity index (χ1n) is 7.91. The highest BCUT2D eigenvalue weighted by Crippen LogP contribution is 2.22. The van der Waals surface area contributed by atoms with E-state index in [9.17, 15) is 0 Å². The summed E-state index contributed by atoms with van der Waals surface area (Å²) < 4.78 is 16.0. The molecule has 5 nitrogen and oxygen atoms in total. The third-order valence-corrected chi connectivity index (χ3v) is 3.57. The van der Waals surface area contributed by atoms with Gasteiger partial charge in [0.05, 0.1) is 19.8 Å². The largest absolute Gasteiger partial charge is 0.494 e. The smallest absolute Gasteiger partial charge is 0.119 e. The van der Waals surface area contributed by atoms with Gasteiger partial charge >= 0.3 is 0 Å². The minimum Gasteiger partial charge on any atom is -0.494 e. The molecule has 1 aromatic carbocycles. The van der Waals surface area contributed by atoms with Gasteiger partial charge in [0, 0.05) is 39.9 Å². The fraction of sp³-hybridized carbons (Fsp3) is 0.647. The van der Waals surface area contributed by atoms with E-state index in [1.807, 2.05) is 12.1 Å². The molecule has 0 saturated carbocycles. The van der Waals surface area contributed by atoms with Gasteiger partial charge in [-0.1, -0.05) is 19.1 Å². The molecule has 2 N–H and O–H groups in total. The zero-order valence-electron chi connectivity index (χ0n) is 14.1. The number of methoxy groups -OCH3 is 2. The van der Waals surface area contributed by atoms with E-state index in [1.54, 1.807) is 14.2 Å². The molecule has 0 aliphatic rings. The van der Waals surface area contributed by atoms with Crippen LogP contribution in [0, 0.1) is 0 Å². The van der Waals surface area contributed by atoms with Crippen molar-refractivity contribution in [2.45, 2.75) is 19.4 Å². The Hall–Kier alpha value is -1.14. The van der Waals surface area contributed by atoms with Crippen molar-refractivity contribution in [2.75, 3.05) is 53.7 Å². The van der Waals surface area contributed by atoms with Crippen molar-refractivity contribution < 1.29 is 14.2 Å². The Morgan fingerprint density at radius 1 is 1.00 bits per heavy atom. The maximum Gasteiger partial charge on any atom is 0.119 e. The molecular weight excluding hydrogens is 280 g/mol. The van der Waals surface area contributed by atoms with E-state index in [4.69, 9.17) is 19.9 Å². The fourth-order valence-electron chi connectivity index (χ4n) is 2.34. The molecule has 0 fully saturated rings. The topological polar surface area (TPSA) is 57.0 Å². The lowest BCUT2D eigenvalue weighted by Gasteiger charge is -2.31. The Bertz CT molecular complexity index is 376. The number of ether oxygens (including phenoxy) is 3. The fourth-order valence-corrected chi connectivity index (χ4v) is 2.34. The van der Waals surface area contributed by atoms with Gasteiger partial charge in [0.2, 0.25) is 0 Å². The molecular formula is C17H30N2O3. The molecule has 1 rings (SSSR count). The van der Waals surface area contributed by atoms with Crippen molar-refractivity contribution in [3.8, 4) is 5.75 Å². The van der Waals surface area contributed by atoms with Crippen LogP contribution in [0.15, 0.2) is 24.3 Å². The zero-order chi connectivity index (χ0) is 16.2. The van der Waals surface area contributed by atoms with Crippen LogP contribution in [0.5, 0.6) is 5.75 Å². The van der Waals surface area contributed by atoms with Crippen LogP contribution in [0.4, 0.5) is 0 Å². The number of rotatable bonds is 12. The molecule has 0 heterocycles. The minimum absolute atomic E-state index is 0.158. The van der Waals surface area contributed by atoms with E-state index in [1.165, 1.54) is 5.56 Å². The summed E-state index contributed by atoms with van der Waals surface area (Å²) in [6.45, 7) is 6.42. The summed E-state index contributed by atoms with van der Waals surface area (Å²) >= 11 is 0. The average molecular weight is 310 g/mol. The number of nitrogens with zero attached hydrogens (tertiary/aromatic N) is 1. The molecule has 0 aliphatic carbocycles. The highest BCUT2D eigenvalue weighted by Gasteiger charge is 2.18. The predicted octanol–water partition coefficient (Wildman–Crippen LogP) is 2.07. The Balaban J connectivity index is 2.76. The Morgan fingerprint density at radius 2 is 1.59 bits per heavy atom. The van der Waals surface area contributed by atoms with Crippen molar-refractivity contribution in [3.63, 3.8) is 0 Å². The van der Waals surface area contributed by atoms with E-state index in [0.29, 0.717) is 19.8 Å². The van der Waals surface area contributed by atoms with Crippen LogP contribution in [0.2, 0.25) is 0 Å². The van der Waals surface area contributed by atoms with Crippen molar-refractivity contribution in [2.24, 2.45) is 5.73 Å². The lowest BCUT2D eigenvalue weighted by molar-refractivity contribution is 0.0891. The molecule has 0 saturated heterocycles.